The van der Waals surface area contributed by atoms with Crippen LogP contribution in [0.1, 0.15) is 12.1 Å². The van der Waals surface area contributed by atoms with Crippen molar-refractivity contribution in [2.75, 3.05) is 30.5 Å². The Balaban J connectivity index is 2.09. The van der Waals surface area contributed by atoms with Crippen LogP contribution in [0, 0.1) is 0 Å². The molecule has 1 N–H and O–H groups in total. The van der Waals surface area contributed by atoms with Crippen LogP contribution >= 0.6 is 11.8 Å². The van der Waals surface area contributed by atoms with Gasteiger partial charge in [0.1, 0.15) is 5.82 Å². The second-order valence-electron chi connectivity index (χ2n) is 4.03. The number of anilines is 1. The molecule has 0 saturated carbocycles. The van der Waals surface area contributed by atoms with E-state index in [1.165, 1.54) is 17.9 Å². The van der Waals surface area contributed by atoms with Gasteiger partial charge in [0.2, 0.25) is 0 Å². The van der Waals surface area contributed by atoms with Crippen molar-refractivity contribution in [2.45, 2.75) is 19.0 Å². The van der Waals surface area contributed by atoms with E-state index >= 15 is 0 Å². The van der Waals surface area contributed by atoms with Crippen LogP contribution in [-0.2, 0) is 6.54 Å². The lowest BCUT2D eigenvalue weighted by Crippen LogP contribution is -2.32. The molecular weight excluding hydrogens is 220 g/mol. The molecule has 1 aliphatic heterocycles. The monoisotopic (exact) mass is 238 g/mol. The van der Waals surface area contributed by atoms with Gasteiger partial charge < -0.3 is 10.2 Å². The summed E-state index contributed by atoms with van der Waals surface area (Å²) < 4.78 is 0. The number of thioether (sulfide) groups is 1. The predicted octanol–water partition coefficient (Wildman–Crippen LogP) is 1.14. The third kappa shape index (κ3) is 2.65. The summed E-state index contributed by atoms with van der Waals surface area (Å²) in [5.41, 5.74) is 0.998. The second-order valence-corrected chi connectivity index (χ2v) is 5.18. The van der Waals surface area contributed by atoms with Crippen LogP contribution in [0.25, 0.3) is 0 Å². The fourth-order valence-corrected chi connectivity index (χ4v) is 3.11. The first-order chi connectivity index (χ1) is 7.81. The smallest absolute Gasteiger partial charge is 0.147 e. The van der Waals surface area contributed by atoms with E-state index in [2.05, 4.69) is 27.2 Å². The number of nitrogens with one attached hydrogen (secondary N) is 1. The van der Waals surface area contributed by atoms with Crippen molar-refractivity contribution in [3.8, 4) is 0 Å². The molecule has 2 rings (SSSR count). The van der Waals surface area contributed by atoms with Crippen LogP contribution in [0.5, 0.6) is 0 Å². The number of nitrogens with zero attached hydrogens (tertiary/aromatic N) is 3. The summed E-state index contributed by atoms with van der Waals surface area (Å²) in [4.78, 5) is 11.1. The van der Waals surface area contributed by atoms with Crippen LogP contribution in [0.3, 0.4) is 0 Å². The normalized spacial score (nSPS) is 20.0. The van der Waals surface area contributed by atoms with E-state index in [-0.39, 0.29) is 0 Å². The van der Waals surface area contributed by atoms with Crippen molar-refractivity contribution < 1.29 is 0 Å². The van der Waals surface area contributed by atoms with Gasteiger partial charge in [-0.2, -0.15) is 11.8 Å². The summed E-state index contributed by atoms with van der Waals surface area (Å²) >= 11 is 2.02. The lowest BCUT2D eigenvalue weighted by atomic mass is 10.2. The molecule has 1 aromatic rings. The van der Waals surface area contributed by atoms with Crippen molar-refractivity contribution in [3.05, 3.63) is 18.1 Å². The Labute approximate surface area is 101 Å². The maximum absolute atomic E-state index is 4.60. The van der Waals surface area contributed by atoms with Gasteiger partial charge in [0.05, 0.1) is 11.9 Å². The molecule has 1 unspecified atom stereocenters. The molecule has 5 heteroatoms. The minimum absolute atomic E-state index is 0.615. The lowest BCUT2D eigenvalue weighted by Gasteiger charge is -2.24. The van der Waals surface area contributed by atoms with Crippen LogP contribution in [-0.4, -0.2) is 41.6 Å². The van der Waals surface area contributed by atoms with Crippen molar-refractivity contribution in [2.24, 2.45) is 0 Å². The van der Waals surface area contributed by atoms with Crippen LogP contribution in [0.2, 0.25) is 0 Å². The molecule has 0 amide bonds. The Morgan fingerprint density at radius 1 is 1.56 bits per heavy atom. The first-order valence-corrected chi connectivity index (χ1v) is 6.73. The van der Waals surface area contributed by atoms with Crippen LogP contribution in [0.4, 0.5) is 5.82 Å². The first-order valence-electron chi connectivity index (χ1n) is 5.57. The largest absolute Gasteiger partial charge is 0.355 e. The Morgan fingerprint density at radius 3 is 3.12 bits per heavy atom. The van der Waals surface area contributed by atoms with Gasteiger partial charge in [-0.3, -0.25) is 4.98 Å². The number of aromatic nitrogens is 2. The second kappa shape index (κ2) is 5.50. The third-order valence-electron chi connectivity index (χ3n) is 2.84. The van der Waals surface area contributed by atoms with Gasteiger partial charge in [0, 0.05) is 31.6 Å². The van der Waals surface area contributed by atoms with Crippen molar-refractivity contribution in [1.82, 2.24) is 15.3 Å². The molecule has 0 spiro atoms. The Kier molecular flexibility index (Phi) is 4.01. The summed E-state index contributed by atoms with van der Waals surface area (Å²) in [7, 11) is 4.04. The van der Waals surface area contributed by atoms with Crippen molar-refractivity contribution in [3.63, 3.8) is 0 Å². The molecule has 16 heavy (non-hydrogen) atoms. The minimum atomic E-state index is 0.615. The Morgan fingerprint density at radius 2 is 2.44 bits per heavy atom. The van der Waals surface area contributed by atoms with Gasteiger partial charge in [-0.15, -0.1) is 0 Å². The zero-order valence-corrected chi connectivity index (χ0v) is 10.6. The van der Waals surface area contributed by atoms with E-state index in [0.717, 1.165) is 18.1 Å². The molecular formula is C11H18N4S. The van der Waals surface area contributed by atoms with Gasteiger partial charge in [-0.25, -0.2) is 4.98 Å². The van der Waals surface area contributed by atoms with Crippen molar-refractivity contribution >= 4 is 17.6 Å². The Hall–Kier alpha value is -0.810. The maximum atomic E-state index is 4.60. The fraction of sp³-hybridized carbons (Fsp3) is 0.636. The molecule has 1 saturated heterocycles. The number of hydrogen-bond acceptors (Lipinski definition) is 5. The molecule has 1 aliphatic rings. The highest BCUT2D eigenvalue weighted by Gasteiger charge is 2.21. The van der Waals surface area contributed by atoms with E-state index in [0.29, 0.717) is 6.04 Å². The predicted molar refractivity (Wildman–Crippen MR) is 68.9 cm³/mol. The van der Waals surface area contributed by atoms with E-state index in [1.54, 1.807) is 0 Å². The van der Waals surface area contributed by atoms with Gasteiger partial charge in [0.25, 0.3) is 0 Å². The van der Waals surface area contributed by atoms with Gasteiger partial charge in [0.15, 0.2) is 0 Å². The molecule has 0 bridgehead atoms. The molecule has 4 nitrogen and oxygen atoms in total. The lowest BCUT2D eigenvalue weighted by molar-refractivity contribution is 0.684. The van der Waals surface area contributed by atoms with E-state index in [1.807, 2.05) is 31.2 Å². The molecule has 0 radical (unpaired) electrons. The molecule has 1 aromatic heterocycles. The average Bonchev–Trinajstić information content (AvgIpc) is 2.82. The minimum Gasteiger partial charge on any atom is -0.355 e. The summed E-state index contributed by atoms with van der Waals surface area (Å²) in [6.07, 6.45) is 4.92. The number of hydrogen-bond donors (Lipinski definition) is 1. The average molecular weight is 238 g/mol. The molecule has 88 valence electrons. The molecule has 0 aliphatic carbocycles. The molecule has 2 heterocycles. The Bertz CT molecular complexity index is 339. The van der Waals surface area contributed by atoms with Gasteiger partial charge in [-0.05, 0) is 19.2 Å². The van der Waals surface area contributed by atoms with Crippen LogP contribution in [0.15, 0.2) is 12.4 Å². The fourth-order valence-electron chi connectivity index (χ4n) is 1.85. The highest BCUT2D eigenvalue weighted by Crippen LogP contribution is 2.24. The molecule has 1 atom stereocenters. The molecule has 0 aromatic carbocycles. The maximum Gasteiger partial charge on any atom is 0.147 e. The van der Waals surface area contributed by atoms with E-state index < -0.39 is 0 Å². The quantitative estimate of drug-likeness (QED) is 0.852. The van der Waals surface area contributed by atoms with Gasteiger partial charge in [-0.1, -0.05) is 0 Å². The highest BCUT2D eigenvalue weighted by atomic mass is 32.2. The SMILES string of the molecule is CNCc1cncc(N(C)C2CCSC2)n1. The summed E-state index contributed by atoms with van der Waals surface area (Å²) in [6, 6.07) is 0.615. The van der Waals surface area contributed by atoms with Crippen LogP contribution < -0.4 is 10.2 Å². The number of rotatable bonds is 4. The topological polar surface area (TPSA) is 41.1 Å². The summed E-state index contributed by atoms with van der Waals surface area (Å²) in [6.45, 7) is 0.772. The first kappa shape index (κ1) is 11.7. The summed E-state index contributed by atoms with van der Waals surface area (Å²) in [5.74, 6) is 3.45. The van der Waals surface area contributed by atoms with E-state index in [4.69, 9.17) is 0 Å². The third-order valence-corrected chi connectivity index (χ3v) is 3.99. The zero-order chi connectivity index (χ0) is 11.4. The zero-order valence-electron chi connectivity index (χ0n) is 9.81. The standard InChI is InChI=1S/C11H18N4S/c1-12-5-9-6-13-7-11(14-9)15(2)10-3-4-16-8-10/h6-7,10,12H,3-5,8H2,1-2H3. The molecule has 1 fully saturated rings. The van der Waals surface area contributed by atoms with E-state index in [9.17, 15) is 0 Å². The van der Waals surface area contributed by atoms with Crippen molar-refractivity contribution in [1.29, 1.82) is 0 Å². The summed E-state index contributed by atoms with van der Waals surface area (Å²) in [5, 5.41) is 3.09. The highest BCUT2D eigenvalue weighted by molar-refractivity contribution is 7.99. The van der Waals surface area contributed by atoms with Gasteiger partial charge >= 0.3 is 0 Å².